The Balaban J connectivity index is 1.79. The van der Waals surface area contributed by atoms with Crippen LogP contribution in [0.1, 0.15) is 45.5 Å². The summed E-state index contributed by atoms with van der Waals surface area (Å²) in [5.41, 5.74) is 7.02. The third kappa shape index (κ3) is 2.60. The Morgan fingerprint density at radius 2 is 1.50 bits per heavy atom. The third-order valence-corrected chi connectivity index (χ3v) is 4.32. The largest absolute Gasteiger partial charge is 0.366 e. The molecule has 3 N–H and O–H groups in total. The fraction of sp³-hybridized carbons (Fsp3) is 0.222. The molecule has 0 radical (unpaired) electrons. The van der Waals surface area contributed by atoms with Crippen molar-refractivity contribution in [3.8, 4) is 0 Å². The minimum atomic E-state index is -0.494. The molecular weight excluding hydrogens is 276 g/mol. The van der Waals surface area contributed by atoms with Gasteiger partial charge in [-0.1, -0.05) is 30.3 Å². The number of rotatable bonds is 4. The smallest absolute Gasteiger partial charge is 0.251 e. The third-order valence-electron chi connectivity index (χ3n) is 4.32. The fourth-order valence-electron chi connectivity index (χ4n) is 2.85. The molecule has 4 heteroatoms. The van der Waals surface area contributed by atoms with Gasteiger partial charge < -0.3 is 11.1 Å². The highest BCUT2D eigenvalue weighted by Gasteiger charge is 2.39. The summed E-state index contributed by atoms with van der Waals surface area (Å²) in [7, 11) is 0. The first-order valence-electron chi connectivity index (χ1n) is 7.39. The summed E-state index contributed by atoms with van der Waals surface area (Å²) in [6, 6.07) is 16.5. The van der Waals surface area contributed by atoms with E-state index in [1.807, 2.05) is 18.2 Å². The number of carbonyl (C=O) groups is 2. The second-order valence-corrected chi connectivity index (χ2v) is 5.70. The molecule has 1 aliphatic rings. The number of benzene rings is 2. The van der Waals surface area contributed by atoms with Gasteiger partial charge in [-0.05, 0) is 49.1 Å². The van der Waals surface area contributed by atoms with E-state index in [1.54, 1.807) is 24.3 Å². The first-order chi connectivity index (χ1) is 10.6. The molecule has 0 aromatic heterocycles. The summed E-state index contributed by atoms with van der Waals surface area (Å²) in [5, 5.41) is 3.16. The monoisotopic (exact) mass is 294 g/mol. The van der Waals surface area contributed by atoms with Gasteiger partial charge in [-0.3, -0.25) is 9.59 Å². The van der Waals surface area contributed by atoms with E-state index >= 15 is 0 Å². The maximum absolute atomic E-state index is 12.5. The second kappa shape index (κ2) is 5.64. The average Bonchev–Trinajstić information content (AvgIpc) is 2.51. The van der Waals surface area contributed by atoms with Gasteiger partial charge in [0.2, 0.25) is 5.91 Å². The van der Waals surface area contributed by atoms with E-state index in [1.165, 1.54) is 0 Å². The molecule has 2 aromatic rings. The zero-order valence-electron chi connectivity index (χ0n) is 12.2. The number of hydrogen-bond donors (Lipinski definition) is 2. The maximum Gasteiger partial charge on any atom is 0.251 e. The van der Waals surface area contributed by atoms with Crippen molar-refractivity contribution in [3.63, 3.8) is 0 Å². The molecule has 0 unspecified atom stereocenters. The van der Waals surface area contributed by atoms with Crippen LogP contribution in [-0.2, 0) is 5.54 Å². The van der Waals surface area contributed by atoms with E-state index < -0.39 is 5.91 Å². The number of primary amides is 1. The van der Waals surface area contributed by atoms with Gasteiger partial charge >= 0.3 is 0 Å². The highest BCUT2D eigenvalue weighted by atomic mass is 16.2. The van der Waals surface area contributed by atoms with Gasteiger partial charge in [0.1, 0.15) is 0 Å². The van der Waals surface area contributed by atoms with Crippen molar-refractivity contribution in [2.75, 3.05) is 0 Å². The van der Waals surface area contributed by atoms with Crippen LogP contribution in [-0.4, -0.2) is 11.8 Å². The lowest BCUT2D eigenvalue weighted by Gasteiger charge is -2.43. The predicted octanol–water partition coefficient (Wildman–Crippen LogP) is 2.59. The van der Waals surface area contributed by atoms with Crippen LogP contribution in [0.15, 0.2) is 54.6 Å². The first-order valence-corrected chi connectivity index (χ1v) is 7.39. The summed E-state index contributed by atoms with van der Waals surface area (Å²) in [6.07, 6.45) is 3.00. The second-order valence-electron chi connectivity index (χ2n) is 5.70. The molecule has 2 aromatic carbocycles. The highest BCUT2D eigenvalue weighted by molar-refractivity contribution is 5.97. The number of hydrogen-bond acceptors (Lipinski definition) is 2. The molecule has 2 amide bonds. The van der Waals surface area contributed by atoms with E-state index in [9.17, 15) is 9.59 Å². The Morgan fingerprint density at radius 1 is 0.909 bits per heavy atom. The van der Waals surface area contributed by atoms with Crippen LogP contribution in [0.2, 0.25) is 0 Å². The molecule has 0 atom stereocenters. The number of carbonyl (C=O) groups excluding carboxylic acids is 2. The molecule has 1 aliphatic carbocycles. The summed E-state index contributed by atoms with van der Waals surface area (Å²) in [4.78, 5) is 23.6. The van der Waals surface area contributed by atoms with Crippen molar-refractivity contribution in [1.29, 1.82) is 0 Å². The Morgan fingerprint density at radius 3 is 2.00 bits per heavy atom. The van der Waals surface area contributed by atoms with E-state index in [2.05, 4.69) is 17.4 Å². The maximum atomic E-state index is 12.5. The lowest BCUT2D eigenvalue weighted by Crippen LogP contribution is -2.50. The molecule has 0 bridgehead atoms. The summed E-state index contributed by atoms with van der Waals surface area (Å²) in [5.74, 6) is -0.619. The van der Waals surface area contributed by atoms with Crippen molar-refractivity contribution >= 4 is 11.8 Å². The molecule has 3 rings (SSSR count). The number of amides is 2. The molecule has 0 spiro atoms. The quantitative estimate of drug-likeness (QED) is 0.909. The fourth-order valence-corrected chi connectivity index (χ4v) is 2.85. The summed E-state index contributed by atoms with van der Waals surface area (Å²) in [6.45, 7) is 0. The van der Waals surface area contributed by atoms with E-state index in [0.29, 0.717) is 11.1 Å². The van der Waals surface area contributed by atoms with E-state index in [0.717, 1.165) is 24.8 Å². The van der Waals surface area contributed by atoms with Gasteiger partial charge in [-0.25, -0.2) is 0 Å². The Labute approximate surface area is 129 Å². The van der Waals surface area contributed by atoms with Crippen LogP contribution < -0.4 is 11.1 Å². The van der Waals surface area contributed by atoms with Crippen molar-refractivity contribution in [2.45, 2.75) is 24.8 Å². The van der Waals surface area contributed by atoms with Crippen LogP contribution in [0.4, 0.5) is 0 Å². The lowest BCUT2D eigenvalue weighted by molar-refractivity contribution is 0.0822. The predicted molar refractivity (Wildman–Crippen MR) is 84.4 cm³/mol. The molecular formula is C18H18N2O2. The zero-order valence-corrected chi connectivity index (χ0v) is 12.2. The molecule has 1 fully saturated rings. The highest BCUT2D eigenvalue weighted by Crippen LogP contribution is 2.41. The average molecular weight is 294 g/mol. The minimum Gasteiger partial charge on any atom is -0.366 e. The van der Waals surface area contributed by atoms with Gasteiger partial charge in [0.25, 0.3) is 5.91 Å². The van der Waals surface area contributed by atoms with Crippen molar-refractivity contribution < 1.29 is 9.59 Å². The van der Waals surface area contributed by atoms with E-state index in [-0.39, 0.29) is 11.4 Å². The molecule has 0 heterocycles. The lowest BCUT2D eigenvalue weighted by atomic mass is 9.71. The topological polar surface area (TPSA) is 72.2 Å². The molecule has 1 saturated carbocycles. The van der Waals surface area contributed by atoms with Gasteiger partial charge in [0.15, 0.2) is 0 Å². The molecule has 0 aliphatic heterocycles. The Bertz CT molecular complexity index is 689. The van der Waals surface area contributed by atoms with Gasteiger partial charge in [0.05, 0.1) is 5.54 Å². The molecule has 112 valence electrons. The van der Waals surface area contributed by atoms with Gasteiger partial charge in [0, 0.05) is 11.1 Å². The van der Waals surface area contributed by atoms with Gasteiger partial charge in [-0.2, -0.15) is 0 Å². The summed E-state index contributed by atoms with van der Waals surface area (Å²) < 4.78 is 0. The van der Waals surface area contributed by atoms with Crippen LogP contribution in [0.3, 0.4) is 0 Å². The molecule has 4 nitrogen and oxygen atoms in total. The SMILES string of the molecule is NC(=O)c1ccc(C(=O)NC2(c3ccccc3)CCC2)cc1. The minimum absolute atomic E-state index is 0.125. The van der Waals surface area contributed by atoms with Crippen LogP contribution in [0, 0.1) is 0 Å². The number of nitrogens with two attached hydrogens (primary N) is 1. The standard InChI is InChI=1S/C18H18N2O2/c19-16(21)13-7-9-14(10-8-13)17(22)20-18(11-4-12-18)15-5-2-1-3-6-15/h1-3,5-10H,4,11-12H2,(H2,19,21)(H,20,22). The van der Waals surface area contributed by atoms with Crippen molar-refractivity contribution in [2.24, 2.45) is 5.73 Å². The zero-order chi connectivity index (χ0) is 15.6. The van der Waals surface area contributed by atoms with Crippen LogP contribution in [0.5, 0.6) is 0 Å². The first kappa shape index (κ1) is 14.3. The Hall–Kier alpha value is -2.62. The van der Waals surface area contributed by atoms with E-state index in [4.69, 9.17) is 5.73 Å². The Kier molecular flexibility index (Phi) is 3.67. The van der Waals surface area contributed by atoms with Crippen LogP contribution in [0.25, 0.3) is 0 Å². The normalized spacial score (nSPS) is 15.6. The van der Waals surface area contributed by atoms with Crippen molar-refractivity contribution in [3.05, 3.63) is 71.3 Å². The summed E-state index contributed by atoms with van der Waals surface area (Å²) >= 11 is 0. The van der Waals surface area contributed by atoms with Crippen LogP contribution >= 0.6 is 0 Å². The molecule has 0 saturated heterocycles. The van der Waals surface area contributed by atoms with Gasteiger partial charge in [-0.15, -0.1) is 0 Å². The van der Waals surface area contributed by atoms with Crippen molar-refractivity contribution in [1.82, 2.24) is 5.32 Å². The number of nitrogens with one attached hydrogen (secondary N) is 1. The molecule has 22 heavy (non-hydrogen) atoms.